The Balaban J connectivity index is 1.99. The number of pyridine rings is 1. The lowest BCUT2D eigenvalue weighted by Crippen LogP contribution is -2.33. The van der Waals surface area contributed by atoms with Crippen LogP contribution >= 0.6 is 0 Å². The molecule has 1 N–H and O–H groups in total. The SMILES string of the molecule is CCN(c1ccnc(CNCC(C)C)c1)C1CCCC1. The second-order valence-electron chi connectivity index (χ2n) is 6.25. The van der Waals surface area contributed by atoms with Crippen molar-refractivity contribution in [2.24, 2.45) is 5.92 Å². The molecule has 0 amide bonds. The summed E-state index contributed by atoms with van der Waals surface area (Å²) in [5.74, 6) is 0.684. The molecule has 112 valence electrons. The van der Waals surface area contributed by atoms with Gasteiger partial charge in [-0.15, -0.1) is 0 Å². The first-order chi connectivity index (χ1) is 9.70. The fraction of sp³-hybridized carbons (Fsp3) is 0.706. The first kappa shape index (κ1) is 15.3. The summed E-state index contributed by atoms with van der Waals surface area (Å²) in [6, 6.07) is 5.15. The Kier molecular flexibility index (Phi) is 5.84. The zero-order valence-electron chi connectivity index (χ0n) is 13.2. The molecule has 0 bridgehead atoms. The summed E-state index contributed by atoms with van der Waals surface area (Å²) in [5.41, 5.74) is 2.50. The van der Waals surface area contributed by atoms with Crippen LogP contribution in [0.15, 0.2) is 18.3 Å². The zero-order valence-corrected chi connectivity index (χ0v) is 13.2. The van der Waals surface area contributed by atoms with Gasteiger partial charge in [-0.2, -0.15) is 0 Å². The van der Waals surface area contributed by atoms with E-state index in [0.717, 1.165) is 31.4 Å². The molecule has 0 spiro atoms. The Bertz CT molecular complexity index is 397. The van der Waals surface area contributed by atoms with Crippen molar-refractivity contribution in [3.8, 4) is 0 Å². The lowest BCUT2D eigenvalue weighted by molar-refractivity contribution is 0.548. The van der Waals surface area contributed by atoms with Gasteiger partial charge >= 0.3 is 0 Å². The van der Waals surface area contributed by atoms with Gasteiger partial charge in [0.25, 0.3) is 0 Å². The predicted octanol–water partition coefficient (Wildman–Crippen LogP) is 3.60. The third-order valence-electron chi connectivity index (χ3n) is 4.10. The van der Waals surface area contributed by atoms with Crippen LogP contribution in [0.5, 0.6) is 0 Å². The van der Waals surface area contributed by atoms with E-state index < -0.39 is 0 Å². The Morgan fingerprint density at radius 3 is 2.75 bits per heavy atom. The standard InChI is InChI=1S/C17H29N3/c1-4-20(16-7-5-6-8-16)17-9-10-19-15(11-17)13-18-12-14(2)3/h9-11,14,16,18H,4-8,12-13H2,1-3H3. The van der Waals surface area contributed by atoms with Gasteiger partial charge in [0, 0.05) is 31.0 Å². The van der Waals surface area contributed by atoms with E-state index in [1.165, 1.54) is 31.4 Å². The molecule has 1 saturated carbocycles. The van der Waals surface area contributed by atoms with Crippen LogP contribution in [0.1, 0.15) is 52.1 Å². The number of rotatable bonds is 7. The van der Waals surface area contributed by atoms with Crippen LogP contribution in [0.4, 0.5) is 5.69 Å². The molecule has 1 heterocycles. The number of aromatic nitrogens is 1. The van der Waals surface area contributed by atoms with Gasteiger partial charge in [0.05, 0.1) is 5.69 Å². The highest BCUT2D eigenvalue weighted by Crippen LogP contribution is 2.28. The van der Waals surface area contributed by atoms with Crippen LogP contribution < -0.4 is 10.2 Å². The smallest absolute Gasteiger partial charge is 0.0562 e. The lowest BCUT2D eigenvalue weighted by Gasteiger charge is -2.30. The molecule has 1 aromatic rings. The minimum absolute atomic E-state index is 0.684. The maximum absolute atomic E-state index is 4.49. The third-order valence-corrected chi connectivity index (χ3v) is 4.10. The summed E-state index contributed by atoms with van der Waals surface area (Å²) in [4.78, 5) is 7.05. The summed E-state index contributed by atoms with van der Waals surface area (Å²) in [7, 11) is 0. The summed E-state index contributed by atoms with van der Waals surface area (Å²) in [6.07, 6.45) is 7.41. The van der Waals surface area contributed by atoms with Crippen LogP contribution in [0.2, 0.25) is 0 Å². The van der Waals surface area contributed by atoms with Crippen molar-refractivity contribution in [1.29, 1.82) is 0 Å². The largest absolute Gasteiger partial charge is 0.369 e. The summed E-state index contributed by atoms with van der Waals surface area (Å²) in [5, 5.41) is 3.47. The van der Waals surface area contributed by atoms with Crippen molar-refractivity contribution < 1.29 is 0 Å². The Morgan fingerprint density at radius 1 is 1.35 bits per heavy atom. The quantitative estimate of drug-likeness (QED) is 0.824. The monoisotopic (exact) mass is 275 g/mol. The van der Waals surface area contributed by atoms with E-state index >= 15 is 0 Å². The molecule has 2 rings (SSSR count). The minimum Gasteiger partial charge on any atom is -0.369 e. The van der Waals surface area contributed by atoms with E-state index in [4.69, 9.17) is 0 Å². The van der Waals surface area contributed by atoms with Gasteiger partial charge < -0.3 is 10.2 Å². The molecule has 0 aliphatic heterocycles. The van der Waals surface area contributed by atoms with Crippen LogP contribution in [-0.4, -0.2) is 24.1 Å². The molecule has 1 aliphatic carbocycles. The van der Waals surface area contributed by atoms with Gasteiger partial charge in [-0.3, -0.25) is 4.98 Å². The van der Waals surface area contributed by atoms with Gasteiger partial charge in [0.15, 0.2) is 0 Å². The fourth-order valence-corrected chi connectivity index (χ4v) is 3.10. The Hall–Kier alpha value is -1.09. The van der Waals surface area contributed by atoms with E-state index in [1.54, 1.807) is 0 Å². The first-order valence-corrected chi connectivity index (χ1v) is 8.13. The van der Waals surface area contributed by atoms with Gasteiger partial charge in [0.1, 0.15) is 0 Å². The second-order valence-corrected chi connectivity index (χ2v) is 6.25. The van der Waals surface area contributed by atoms with Crippen molar-refractivity contribution in [2.45, 2.75) is 59.0 Å². The average Bonchev–Trinajstić information content (AvgIpc) is 2.94. The van der Waals surface area contributed by atoms with Gasteiger partial charge in [-0.05, 0) is 44.4 Å². The highest BCUT2D eigenvalue weighted by molar-refractivity contribution is 5.47. The molecule has 0 atom stereocenters. The molecular weight excluding hydrogens is 246 g/mol. The number of nitrogens with one attached hydrogen (secondary N) is 1. The summed E-state index contributed by atoms with van der Waals surface area (Å²) >= 11 is 0. The van der Waals surface area contributed by atoms with Gasteiger partial charge in [-0.1, -0.05) is 26.7 Å². The summed E-state index contributed by atoms with van der Waals surface area (Å²) in [6.45, 7) is 9.73. The summed E-state index contributed by atoms with van der Waals surface area (Å²) < 4.78 is 0. The number of anilines is 1. The number of hydrogen-bond acceptors (Lipinski definition) is 3. The number of nitrogens with zero attached hydrogens (tertiary/aromatic N) is 2. The highest BCUT2D eigenvalue weighted by atomic mass is 15.2. The normalized spacial score (nSPS) is 16.0. The maximum Gasteiger partial charge on any atom is 0.0562 e. The Labute approximate surface area is 123 Å². The highest BCUT2D eigenvalue weighted by Gasteiger charge is 2.21. The van der Waals surface area contributed by atoms with Crippen molar-refractivity contribution in [3.63, 3.8) is 0 Å². The topological polar surface area (TPSA) is 28.2 Å². The van der Waals surface area contributed by atoms with E-state index in [9.17, 15) is 0 Å². The van der Waals surface area contributed by atoms with Crippen LogP contribution in [-0.2, 0) is 6.54 Å². The molecular formula is C17H29N3. The molecule has 1 fully saturated rings. The first-order valence-electron chi connectivity index (χ1n) is 8.13. The zero-order chi connectivity index (χ0) is 14.4. The third kappa shape index (κ3) is 4.20. The fourth-order valence-electron chi connectivity index (χ4n) is 3.10. The van der Waals surface area contributed by atoms with Crippen molar-refractivity contribution in [3.05, 3.63) is 24.0 Å². The molecule has 0 unspecified atom stereocenters. The van der Waals surface area contributed by atoms with E-state index in [-0.39, 0.29) is 0 Å². The van der Waals surface area contributed by atoms with Crippen LogP contribution in [0.3, 0.4) is 0 Å². The van der Waals surface area contributed by atoms with Crippen LogP contribution in [0.25, 0.3) is 0 Å². The van der Waals surface area contributed by atoms with E-state index in [0.29, 0.717) is 5.92 Å². The van der Waals surface area contributed by atoms with Gasteiger partial charge in [0.2, 0.25) is 0 Å². The maximum atomic E-state index is 4.49. The Morgan fingerprint density at radius 2 is 2.10 bits per heavy atom. The molecule has 3 nitrogen and oxygen atoms in total. The molecule has 1 aliphatic rings. The van der Waals surface area contributed by atoms with Crippen molar-refractivity contribution in [1.82, 2.24) is 10.3 Å². The molecule has 0 radical (unpaired) electrons. The molecule has 1 aromatic heterocycles. The molecule has 0 saturated heterocycles. The number of hydrogen-bond donors (Lipinski definition) is 1. The second kappa shape index (κ2) is 7.63. The lowest BCUT2D eigenvalue weighted by atomic mass is 10.1. The molecule has 3 heteroatoms. The van der Waals surface area contributed by atoms with E-state index in [1.807, 2.05) is 6.20 Å². The average molecular weight is 275 g/mol. The van der Waals surface area contributed by atoms with Crippen LogP contribution in [0, 0.1) is 5.92 Å². The predicted molar refractivity (Wildman–Crippen MR) is 86.1 cm³/mol. The minimum atomic E-state index is 0.684. The molecule has 0 aromatic carbocycles. The van der Waals surface area contributed by atoms with Gasteiger partial charge in [-0.25, -0.2) is 0 Å². The van der Waals surface area contributed by atoms with E-state index in [2.05, 4.69) is 48.1 Å². The molecule has 20 heavy (non-hydrogen) atoms. The van der Waals surface area contributed by atoms with Crippen molar-refractivity contribution >= 4 is 5.69 Å². The van der Waals surface area contributed by atoms with Crippen molar-refractivity contribution in [2.75, 3.05) is 18.0 Å².